The van der Waals surface area contributed by atoms with Gasteiger partial charge in [0, 0.05) is 18.6 Å². The van der Waals surface area contributed by atoms with Crippen molar-refractivity contribution < 1.29 is 14.6 Å². The van der Waals surface area contributed by atoms with Crippen molar-refractivity contribution in [3.05, 3.63) is 0 Å². The molecule has 110 valence electrons. The topological polar surface area (TPSA) is 53.0 Å². The molecule has 2 saturated heterocycles. The van der Waals surface area contributed by atoms with Crippen LogP contribution in [-0.4, -0.2) is 72.4 Å². The van der Waals surface area contributed by atoms with Gasteiger partial charge in [0.15, 0.2) is 0 Å². The van der Waals surface area contributed by atoms with Crippen LogP contribution < -0.4 is 0 Å². The van der Waals surface area contributed by atoms with Crippen molar-refractivity contribution in [2.24, 2.45) is 0 Å². The number of hydrogen-bond acceptors (Lipinski definition) is 4. The molecule has 2 fully saturated rings. The first-order valence-corrected chi connectivity index (χ1v) is 7.43. The van der Waals surface area contributed by atoms with Crippen molar-refractivity contribution in [3.63, 3.8) is 0 Å². The molecule has 0 saturated carbocycles. The Bertz CT molecular complexity index is 295. The lowest BCUT2D eigenvalue weighted by Gasteiger charge is -2.49. The fourth-order valence-electron chi connectivity index (χ4n) is 3.43. The molecule has 0 bridgehead atoms. The first-order chi connectivity index (χ1) is 9.16. The summed E-state index contributed by atoms with van der Waals surface area (Å²) in [4.78, 5) is 16.1. The Kier molecular flexibility index (Phi) is 5.19. The molecule has 0 atom stereocenters. The monoisotopic (exact) mass is 270 g/mol. The summed E-state index contributed by atoms with van der Waals surface area (Å²) in [6.45, 7) is 8.60. The number of aliphatic carboxylic acids is 1. The van der Waals surface area contributed by atoms with Crippen LogP contribution in [0.3, 0.4) is 0 Å². The molecule has 2 heterocycles. The quantitative estimate of drug-likeness (QED) is 0.809. The third kappa shape index (κ3) is 3.68. The minimum atomic E-state index is -0.671. The van der Waals surface area contributed by atoms with Gasteiger partial charge in [-0.15, -0.1) is 0 Å². The third-order valence-corrected chi connectivity index (χ3v) is 4.49. The van der Waals surface area contributed by atoms with Crippen LogP contribution in [0, 0.1) is 0 Å². The molecule has 0 radical (unpaired) electrons. The Morgan fingerprint density at radius 2 is 1.84 bits per heavy atom. The van der Waals surface area contributed by atoms with Gasteiger partial charge < -0.3 is 14.7 Å². The Balaban J connectivity index is 2.01. The minimum Gasteiger partial charge on any atom is -0.481 e. The average molecular weight is 270 g/mol. The lowest BCUT2D eigenvalue weighted by atomic mass is 9.82. The number of likely N-dealkylation sites (tertiary alicyclic amines) is 1. The van der Waals surface area contributed by atoms with Crippen LogP contribution in [0.5, 0.6) is 0 Å². The number of morpholine rings is 1. The number of carbonyl (C=O) groups is 1. The molecule has 0 aromatic carbocycles. The number of piperidine rings is 1. The van der Waals surface area contributed by atoms with E-state index >= 15 is 0 Å². The molecule has 2 aliphatic heterocycles. The van der Waals surface area contributed by atoms with E-state index in [9.17, 15) is 9.90 Å². The summed E-state index contributed by atoms with van der Waals surface area (Å²) >= 11 is 0. The lowest BCUT2D eigenvalue weighted by molar-refractivity contribution is -0.143. The SMILES string of the molecule is CCCN1CCC(CC(=O)O)(N2CCOCC2)CC1. The van der Waals surface area contributed by atoms with Gasteiger partial charge in [-0.1, -0.05) is 6.92 Å². The minimum absolute atomic E-state index is 0.139. The van der Waals surface area contributed by atoms with Gasteiger partial charge in [-0.2, -0.15) is 0 Å². The maximum atomic E-state index is 11.3. The fourth-order valence-corrected chi connectivity index (χ4v) is 3.43. The molecule has 1 N–H and O–H groups in total. The zero-order valence-electron chi connectivity index (χ0n) is 11.9. The Hall–Kier alpha value is -0.650. The predicted octanol–water partition coefficient (Wildman–Crippen LogP) is 1.04. The summed E-state index contributed by atoms with van der Waals surface area (Å²) in [5.74, 6) is -0.671. The maximum Gasteiger partial charge on any atom is 0.305 e. The summed E-state index contributed by atoms with van der Waals surface area (Å²) in [5.41, 5.74) is -0.139. The van der Waals surface area contributed by atoms with Gasteiger partial charge in [-0.3, -0.25) is 9.69 Å². The molecule has 2 aliphatic rings. The van der Waals surface area contributed by atoms with Gasteiger partial charge in [0.05, 0.1) is 19.6 Å². The number of carboxylic acid groups (broad SMARTS) is 1. The van der Waals surface area contributed by atoms with Crippen LogP contribution in [0.15, 0.2) is 0 Å². The van der Waals surface area contributed by atoms with Gasteiger partial charge in [0.2, 0.25) is 0 Å². The summed E-state index contributed by atoms with van der Waals surface area (Å²) < 4.78 is 5.40. The second-order valence-corrected chi connectivity index (χ2v) is 5.74. The number of carboxylic acids is 1. The molecule has 0 unspecified atom stereocenters. The van der Waals surface area contributed by atoms with Crippen LogP contribution in [0.2, 0.25) is 0 Å². The first kappa shape index (κ1) is 14.8. The molecule has 0 aromatic heterocycles. The van der Waals surface area contributed by atoms with Crippen LogP contribution >= 0.6 is 0 Å². The van der Waals surface area contributed by atoms with Crippen molar-refractivity contribution in [2.75, 3.05) is 45.9 Å². The van der Waals surface area contributed by atoms with Gasteiger partial charge in [-0.25, -0.2) is 0 Å². The van der Waals surface area contributed by atoms with Crippen LogP contribution in [-0.2, 0) is 9.53 Å². The Morgan fingerprint density at radius 1 is 1.21 bits per heavy atom. The van der Waals surface area contributed by atoms with E-state index in [1.807, 2.05) is 0 Å². The smallest absolute Gasteiger partial charge is 0.305 e. The van der Waals surface area contributed by atoms with Gasteiger partial charge in [0.1, 0.15) is 0 Å². The lowest BCUT2D eigenvalue weighted by Crippen LogP contribution is -2.59. The maximum absolute atomic E-state index is 11.3. The van der Waals surface area contributed by atoms with E-state index in [2.05, 4.69) is 16.7 Å². The molecular formula is C14H26N2O3. The molecule has 5 heteroatoms. The molecular weight excluding hydrogens is 244 g/mol. The second kappa shape index (κ2) is 6.68. The molecule has 5 nitrogen and oxygen atoms in total. The van der Waals surface area contributed by atoms with E-state index in [-0.39, 0.29) is 12.0 Å². The molecule has 19 heavy (non-hydrogen) atoms. The van der Waals surface area contributed by atoms with Crippen molar-refractivity contribution >= 4 is 5.97 Å². The van der Waals surface area contributed by atoms with Gasteiger partial charge in [-0.05, 0) is 38.9 Å². The normalized spacial score (nSPS) is 25.3. The highest BCUT2D eigenvalue weighted by atomic mass is 16.5. The highest BCUT2D eigenvalue weighted by Gasteiger charge is 2.41. The number of nitrogens with zero attached hydrogens (tertiary/aromatic N) is 2. The molecule has 0 aromatic rings. The van der Waals surface area contributed by atoms with Crippen molar-refractivity contribution in [1.82, 2.24) is 9.80 Å². The van der Waals surface area contributed by atoms with E-state index in [1.165, 1.54) is 6.42 Å². The molecule has 0 amide bonds. The van der Waals surface area contributed by atoms with Gasteiger partial charge >= 0.3 is 5.97 Å². The standard InChI is InChI=1S/C14H26N2O3/c1-2-5-15-6-3-14(4-7-15,12-13(17)18)16-8-10-19-11-9-16/h2-12H2,1H3,(H,17,18). The summed E-state index contributed by atoms with van der Waals surface area (Å²) in [5, 5.41) is 9.26. The van der Waals surface area contributed by atoms with Crippen LogP contribution in [0.1, 0.15) is 32.6 Å². The van der Waals surface area contributed by atoms with Crippen LogP contribution in [0.4, 0.5) is 0 Å². The highest BCUT2D eigenvalue weighted by molar-refractivity contribution is 5.68. The molecule has 0 aliphatic carbocycles. The van der Waals surface area contributed by atoms with E-state index in [1.54, 1.807) is 0 Å². The van der Waals surface area contributed by atoms with E-state index in [4.69, 9.17) is 4.74 Å². The summed E-state index contributed by atoms with van der Waals surface area (Å²) in [6, 6.07) is 0. The first-order valence-electron chi connectivity index (χ1n) is 7.43. The fraction of sp³-hybridized carbons (Fsp3) is 0.929. The van der Waals surface area contributed by atoms with Crippen molar-refractivity contribution in [1.29, 1.82) is 0 Å². The molecule has 0 spiro atoms. The Labute approximate surface area is 115 Å². The van der Waals surface area contributed by atoms with E-state index in [0.717, 1.165) is 58.8 Å². The average Bonchev–Trinajstić information content (AvgIpc) is 2.42. The summed E-state index contributed by atoms with van der Waals surface area (Å²) in [7, 11) is 0. The van der Waals surface area contributed by atoms with Crippen molar-refractivity contribution in [2.45, 2.75) is 38.1 Å². The van der Waals surface area contributed by atoms with Crippen molar-refractivity contribution in [3.8, 4) is 0 Å². The van der Waals surface area contributed by atoms with Crippen LogP contribution in [0.25, 0.3) is 0 Å². The second-order valence-electron chi connectivity index (χ2n) is 5.74. The van der Waals surface area contributed by atoms with Gasteiger partial charge in [0.25, 0.3) is 0 Å². The number of ether oxygens (including phenoxy) is 1. The highest BCUT2D eigenvalue weighted by Crippen LogP contribution is 2.33. The van der Waals surface area contributed by atoms with E-state index in [0.29, 0.717) is 0 Å². The predicted molar refractivity (Wildman–Crippen MR) is 73.3 cm³/mol. The zero-order chi connectivity index (χ0) is 13.7. The van der Waals surface area contributed by atoms with E-state index < -0.39 is 5.97 Å². The number of rotatable bonds is 5. The summed E-state index contributed by atoms with van der Waals surface area (Å²) in [6.07, 6.45) is 3.38. The third-order valence-electron chi connectivity index (χ3n) is 4.49. The molecule has 2 rings (SSSR count). The zero-order valence-corrected chi connectivity index (χ0v) is 11.9. The Morgan fingerprint density at radius 3 is 2.37 bits per heavy atom. The number of hydrogen-bond donors (Lipinski definition) is 1. The largest absolute Gasteiger partial charge is 0.481 e.